The van der Waals surface area contributed by atoms with Crippen LogP contribution in [0.5, 0.6) is 0 Å². The predicted molar refractivity (Wildman–Crippen MR) is 105 cm³/mol. The predicted octanol–water partition coefficient (Wildman–Crippen LogP) is 4.14. The van der Waals surface area contributed by atoms with Crippen molar-refractivity contribution in [1.82, 2.24) is 9.71 Å². The van der Waals surface area contributed by atoms with Crippen LogP contribution in [0.15, 0.2) is 47.5 Å². The van der Waals surface area contributed by atoms with Crippen LogP contribution in [-0.2, 0) is 16.4 Å². The molecular weight excluding hydrogens is 423 g/mol. The molecule has 0 saturated carbocycles. The summed E-state index contributed by atoms with van der Waals surface area (Å²) in [5, 5.41) is 11.9. The third-order valence-electron chi connectivity index (χ3n) is 4.66. The maximum atomic E-state index is 13.7. The molecule has 7 nitrogen and oxygen atoms in total. The Hall–Kier alpha value is -2.92. The Morgan fingerprint density at radius 2 is 1.87 bits per heavy atom. The summed E-state index contributed by atoms with van der Waals surface area (Å²) in [5.74, 6) is 0. The van der Waals surface area contributed by atoms with Crippen molar-refractivity contribution >= 4 is 26.6 Å². The van der Waals surface area contributed by atoms with Gasteiger partial charge in [-0.1, -0.05) is 24.3 Å². The molecule has 0 aliphatic carbocycles. The van der Waals surface area contributed by atoms with Crippen LogP contribution in [0.1, 0.15) is 16.7 Å². The van der Waals surface area contributed by atoms with E-state index >= 15 is 0 Å². The van der Waals surface area contributed by atoms with E-state index in [1.807, 2.05) is 0 Å². The quantitative estimate of drug-likeness (QED) is 0.443. The van der Waals surface area contributed by atoms with Crippen LogP contribution in [0.2, 0.25) is 0 Å². The molecule has 0 amide bonds. The molecule has 0 fully saturated rings. The van der Waals surface area contributed by atoms with Gasteiger partial charge in [-0.2, -0.15) is 17.9 Å². The number of H-pyrrole nitrogens is 1. The molecule has 30 heavy (non-hydrogen) atoms. The van der Waals surface area contributed by atoms with Gasteiger partial charge in [0.2, 0.25) is 10.0 Å². The molecular formula is C19H18F3N3O4S. The van der Waals surface area contributed by atoms with Gasteiger partial charge in [-0.15, -0.1) is 0 Å². The number of nitro benzene ring substituents is 1. The van der Waals surface area contributed by atoms with Gasteiger partial charge in [0.05, 0.1) is 4.92 Å². The van der Waals surface area contributed by atoms with E-state index < -0.39 is 44.2 Å². The second kappa shape index (κ2) is 7.73. The average Bonchev–Trinajstić information content (AvgIpc) is 3.02. The van der Waals surface area contributed by atoms with E-state index in [0.717, 1.165) is 6.07 Å². The summed E-state index contributed by atoms with van der Waals surface area (Å²) in [6.45, 7) is 2.83. The zero-order valence-electron chi connectivity index (χ0n) is 15.9. The Balaban J connectivity index is 2.03. The first kappa shape index (κ1) is 21.8. The lowest BCUT2D eigenvalue weighted by molar-refractivity contribution is -0.388. The number of halogens is 3. The van der Waals surface area contributed by atoms with E-state index in [1.165, 1.54) is 26.1 Å². The van der Waals surface area contributed by atoms with Crippen molar-refractivity contribution in [1.29, 1.82) is 0 Å². The highest BCUT2D eigenvalue weighted by molar-refractivity contribution is 7.89. The average molecular weight is 441 g/mol. The first-order valence-corrected chi connectivity index (χ1v) is 10.3. The second-order valence-electron chi connectivity index (χ2n) is 6.97. The molecule has 3 rings (SSSR count). The van der Waals surface area contributed by atoms with Crippen molar-refractivity contribution in [2.24, 2.45) is 0 Å². The summed E-state index contributed by atoms with van der Waals surface area (Å²) in [7, 11) is -4.84. The number of hydrogen-bond acceptors (Lipinski definition) is 4. The van der Waals surface area contributed by atoms with Gasteiger partial charge < -0.3 is 4.98 Å². The third-order valence-corrected chi connectivity index (χ3v) is 6.32. The Morgan fingerprint density at radius 1 is 1.20 bits per heavy atom. The molecule has 0 spiro atoms. The van der Waals surface area contributed by atoms with Gasteiger partial charge in [0.1, 0.15) is 6.04 Å². The monoisotopic (exact) mass is 441 g/mol. The topological polar surface area (TPSA) is 105 Å². The fourth-order valence-electron chi connectivity index (χ4n) is 3.41. The second-order valence-corrected chi connectivity index (χ2v) is 8.62. The molecule has 0 saturated heterocycles. The summed E-state index contributed by atoms with van der Waals surface area (Å²) in [6, 6.07) is 6.59. The van der Waals surface area contributed by atoms with Crippen molar-refractivity contribution in [2.75, 3.05) is 0 Å². The SMILES string of the molecule is Cc1cc(C)c(S(=O)(=O)NC(Cc2c[nH]c3ccccc23)C(F)(F)F)c([N+](=O)[O-])c1. The van der Waals surface area contributed by atoms with Crippen molar-refractivity contribution in [3.63, 3.8) is 0 Å². The van der Waals surface area contributed by atoms with Gasteiger partial charge in [0.15, 0.2) is 4.90 Å². The molecule has 1 atom stereocenters. The fourth-order valence-corrected chi connectivity index (χ4v) is 5.01. The number of fused-ring (bicyclic) bond motifs is 1. The highest BCUT2D eigenvalue weighted by atomic mass is 32.2. The molecule has 0 radical (unpaired) electrons. The van der Waals surface area contributed by atoms with Gasteiger partial charge in [-0.3, -0.25) is 10.1 Å². The molecule has 2 N–H and O–H groups in total. The molecule has 11 heteroatoms. The molecule has 0 bridgehead atoms. The minimum absolute atomic E-state index is 0.0118. The Kier molecular flexibility index (Phi) is 5.61. The van der Waals surface area contributed by atoms with Gasteiger partial charge in [0, 0.05) is 23.2 Å². The van der Waals surface area contributed by atoms with Crippen LogP contribution in [0, 0.1) is 24.0 Å². The summed E-state index contributed by atoms with van der Waals surface area (Å²) in [6.07, 6.45) is -4.21. The molecule has 160 valence electrons. The number of nitrogens with one attached hydrogen (secondary N) is 2. The maximum absolute atomic E-state index is 13.7. The minimum Gasteiger partial charge on any atom is -0.361 e. The van der Waals surface area contributed by atoms with Crippen molar-refractivity contribution in [3.05, 3.63) is 69.4 Å². The minimum atomic E-state index is -4.92. The number of nitrogens with zero attached hydrogens (tertiary/aromatic N) is 1. The molecule has 0 aliphatic rings. The molecule has 0 aliphatic heterocycles. The molecule has 2 aromatic carbocycles. The number of aromatic nitrogens is 1. The van der Waals surface area contributed by atoms with Crippen LogP contribution < -0.4 is 4.72 Å². The van der Waals surface area contributed by atoms with E-state index in [-0.39, 0.29) is 11.1 Å². The number of rotatable bonds is 6. The van der Waals surface area contributed by atoms with E-state index in [4.69, 9.17) is 0 Å². The normalized spacial score (nSPS) is 13.5. The van der Waals surface area contributed by atoms with Crippen molar-refractivity contribution < 1.29 is 26.5 Å². The van der Waals surface area contributed by atoms with Crippen LogP contribution in [0.25, 0.3) is 10.9 Å². The summed E-state index contributed by atoms with van der Waals surface area (Å²) < 4.78 is 68.4. The lowest BCUT2D eigenvalue weighted by Crippen LogP contribution is -2.47. The number of nitro groups is 1. The Morgan fingerprint density at radius 3 is 2.50 bits per heavy atom. The number of aryl methyl sites for hydroxylation is 2. The van der Waals surface area contributed by atoms with Crippen molar-refractivity contribution in [2.45, 2.75) is 37.4 Å². The van der Waals surface area contributed by atoms with E-state index in [9.17, 15) is 31.7 Å². The van der Waals surface area contributed by atoms with E-state index in [1.54, 1.807) is 29.0 Å². The van der Waals surface area contributed by atoms with E-state index in [2.05, 4.69) is 4.98 Å². The molecule has 1 heterocycles. The number of hydrogen-bond donors (Lipinski definition) is 2. The smallest absolute Gasteiger partial charge is 0.361 e. The number of benzene rings is 2. The fraction of sp³-hybridized carbons (Fsp3) is 0.263. The summed E-state index contributed by atoms with van der Waals surface area (Å²) >= 11 is 0. The highest BCUT2D eigenvalue weighted by Crippen LogP contribution is 2.32. The number of aromatic amines is 1. The Bertz CT molecular complexity index is 1220. The van der Waals surface area contributed by atoms with Gasteiger partial charge in [-0.05, 0) is 43.0 Å². The standard InChI is InChI=1S/C19H18F3N3O4S/c1-11-7-12(2)18(16(8-11)25(26)27)30(28,29)24-17(19(20,21)22)9-13-10-23-15-6-4-3-5-14(13)15/h3-8,10,17,23-24H,9H2,1-2H3. The number of alkyl halides is 3. The molecule has 1 aromatic heterocycles. The third kappa shape index (κ3) is 4.31. The lowest BCUT2D eigenvalue weighted by atomic mass is 10.1. The maximum Gasteiger partial charge on any atom is 0.405 e. The van der Waals surface area contributed by atoms with Crippen LogP contribution in [-0.4, -0.2) is 30.5 Å². The molecule has 3 aromatic rings. The van der Waals surface area contributed by atoms with Gasteiger partial charge in [-0.25, -0.2) is 8.42 Å². The first-order chi connectivity index (χ1) is 13.9. The van der Waals surface area contributed by atoms with Gasteiger partial charge >= 0.3 is 6.18 Å². The van der Waals surface area contributed by atoms with Crippen LogP contribution in [0.3, 0.4) is 0 Å². The van der Waals surface area contributed by atoms with Crippen molar-refractivity contribution in [3.8, 4) is 0 Å². The summed E-state index contributed by atoms with van der Waals surface area (Å²) in [4.78, 5) is 12.5. The van der Waals surface area contributed by atoms with E-state index in [0.29, 0.717) is 16.5 Å². The summed E-state index contributed by atoms with van der Waals surface area (Å²) in [5.41, 5.74) is 0.520. The molecule has 1 unspecified atom stereocenters. The zero-order valence-corrected chi connectivity index (χ0v) is 16.8. The first-order valence-electron chi connectivity index (χ1n) is 8.80. The number of sulfonamides is 1. The number of para-hydroxylation sites is 1. The largest absolute Gasteiger partial charge is 0.405 e. The van der Waals surface area contributed by atoms with Gasteiger partial charge in [0.25, 0.3) is 5.69 Å². The highest BCUT2D eigenvalue weighted by Gasteiger charge is 2.44. The van der Waals surface area contributed by atoms with Crippen LogP contribution >= 0.6 is 0 Å². The van der Waals surface area contributed by atoms with Crippen LogP contribution in [0.4, 0.5) is 18.9 Å². The lowest BCUT2D eigenvalue weighted by Gasteiger charge is -2.22. The zero-order chi connectivity index (χ0) is 22.3. The Labute approximate surface area is 170 Å².